The van der Waals surface area contributed by atoms with E-state index in [0.29, 0.717) is 13.0 Å². The molecule has 6 heteroatoms. The maximum absolute atomic E-state index is 12.6. The minimum atomic E-state index is -0.429. The van der Waals surface area contributed by atoms with Crippen molar-refractivity contribution in [3.63, 3.8) is 0 Å². The van der Waals surface area contributed by atoms with Gasteiger partial charge in [-0.05, 0) is 78.4 Å². The summed E-state index contributed by atoms with van der Waals surface area (Å²) in [6.07, 6.45) is 23.9. The number of hydrogen-bond acceptors (Lipinski definition) is 6. The molecule has 1 saturated heterocycles. The molecule has 1 fully saturated rings. The predicted octanol–water partition coefficient (Wildman–Crippen LogP) is 6.88. The van der Waals surface area contributed by atoms with Gasteiger partial charge < -0.3 is 19.1 Å². The van der Waals surface area contributed by atoms with Crippen LogP contribution < -0.4 is 0 Å². The summed E-state index contributed by atoms with van der Waals surface area (Å²) in [5, 5.41) is 0. The van der Waals surface area contributed by atoms with Crippen LogP contribution in [0.4, 0.5) is 0 Å². The molecule has 1 heterocycles. The second-order valence-corrected chi connectivity index (χ2v) is 10.9. The quantitative estimate of drug-likeness (QED) is 0.0932. The maximum atomic E-state index is 12.6. The van der Waals surface area contributed by atoms with Crippen molar-refractivity contribution in [2.75, 3.05) is 47.1 Å². The van der Waals surface area contributed by atoms with E-state index in [1.807, 2.05) is 6.92 Å². The van der Waals surface area contributed by atoms with E-state index in [1.54, 1.807) is 7.11 Å². The first kappa shape index (κ1) is 33.4. The number of allylic oxidation sites excluding steroid dienone is 4. The Labute approximate surface area is 227 Å². The molecule has 1 aliphatic heterocycles. The van der Waals surface area contributed by atoms with E-state index in [2.05, 4.69) is 43.2 Å². The average Bonchev–Trinajstić information content (AvgIpc) is 2.89. The van der Waals surface area contributed by atoms with Crippen molar-refractivity contribution < 1.29 is 23.8 Å². The zero-order chi connectivity index (χ0) is 27.2. The summed E-state index contributed by atoms with van der Waals surface area (Å²) in [6.45, 7) is 6.86. The summed E-state index contributed by atoms with van der Waals surface area (Å²) in [5.41, 5.74) is -0.429. The number of likely N-dealkylation sites (tertiary alicyclic amines) is 1. The predicted molar refractivity (Wildman–Crippen MR) is 151 cm³/mol. The topological polar surface area (TPSA) is 65.1 Å². The molecule has 0 N–H and O–H groups in total. The van der Waals surface area contributed by atoms with Gasteiger partial charge in [0, 0.05) is 13.5 Å². The molecule has 0 saturated carbocycles. The number of esters is 2. The lowest BCUT2D eigenvalue weighted by atomic mass is 9.80. The van der Waals surface area contributed by atoms with Crippen molar-refractivity contribution in [2.24, 2.45) is 11.3 Å². The monoisotopic (exact) mass is 521 g/mol. The lowest BCUT2D eigenvalue weighted by Crippen LogP contribution is -2.42. The minimum Gasteiger partial charge on any atom is -0.465 e. The van der Waals surface area contributed by atoms with E-state index in [-0.39, 0.29) is 31.1 Å². The molecule has 1 rings (SSSR count). The molecular formula is C31H55NO5. The Balaban J connectivity index is 2.07. The van der Waals surface area contributed by atoms with Gasteiger partial charge in [-0.15, -0.1) is 0 Å². The summed E-state index contributed by atoms with van der Waals surface area (Å²) in [6, 6.07) is 0. The van der Waals surface area contributed by atoms with E-state index in [1.165, 1.54) is 38.5 Å². The van der Waals surface area contributed by atoms with Crippen molar-refractivity contribution >= 4 is 11.9 Å². The number of carbonyl (C=O) groups excluding carboxylic acids is 2. The fourth-order valence-electron chi connectivity index (χ4n) is 4.43. The van der Waals surface area contributed by atoms with Gasteiger partial charge in [0.2, 0.25) is 0 Å². The van der Waals surface area contributed by atoms with Crippen molar-refractivity contribution in [1.82, 2.24) is 4.90 Å². The molecule has 0 aromatic heterocycles. The van der Waals surface area contributed by atoms with Gasteiger partial charge in [-0.1, -0.05) is 63.3 Å². The van der Waals surface area contributed by atoms with Gasteiger partial charge in [-0.2, -0.15) is 0 Å². The van der Waals surface area contributed by atoms with Crippen LogP contribution in [0.25, 0.3) is 0 Å². The summed E-state index contributed by atoms with van der Waals surface area (Å²) in [7, 11) is 3.68. The van der Waals surface area contributed by atoms with Crippen LogP contribution in [-0.2, 0) is 23.8 Å². The molecule has 1 atom stereocenters. The van der Waals surface area contributed by atoms with Crippen molar-refractivity contribution in [3.05, 3.63) is 24.3 Å². The Hall–Kier alpha value is -1.66. The zero-order valence-corrected chi connectivity index (χ0v) is 24.3. The van der Waals surface area contributed by atoms with Crippen LogP contribution >= 0.6 is 0 Å². The molecule has 214 valence electrons. The molecular weight excluding hydrogens is 466 g/mol. The van der Waals surface area contributed by atoms with E-state index < -0.39 is 5.41 Å². The van der Waals surface area contributed by atoms with Gasteiger partial charge in [-0.25, -0.2) is 0 Å². The third-order valence-corrected chi connectivity index (χ3v) is 7.25. The number of rotatable bonds is 21. The lowest BCUT2D eigenvalue weighted by molar-refractivity contribution is -0.161. The van der Waals surface area contributed by atoms with E-state index >= 15 is 0 Å². The number of carbonyl (C=O) groups is 2. The SMILES string of the molecule is CCCCC/C=C\C/C=C\CCCCCCCC(=O)OCC(COC)COC(=O)C1(C)CCN(C)CC1. The van der Waals surface area contributed by atoms with Gasteiger partial charge in [0.25, 0.3) is 0 Å². The molecule has 0 aromatic rings. The molecule has 1 unspecified atom stereocenters. The van der Waals surface area contributed by atoms with Gasteiger partial charge in [0.15, 0.2) is 0 Å². The Morgan fingerprint density at radius 1 is 0.838 bits per heavy atom. The van der Waals surface area contributed by atoms with E-state index in [0.717, 1.165) is 58.0 Å². The van der Waals surface area contributed by atoms with Gasteiger partial charge in [0.05, 0.1) is 31.2 Å². The van der Waals surface area contributed by atoms with Crippen LogP contribution in [0.2, 0.25) is 0 Å². The Bertz CT molecular complexity index is 652. The second kappa shape index (κ2) is 21.3. The van der Waals surface area contributed by atoms with Crippen LogP contribution in [0, 0.1) is 11.3 Å². The molecule has 37 heavy (non-hydrogen) atoms. The van der Waals surface area contributed by atoms with Crippen molar-refractivity contribution in [1.29, 1.82) is 0 Å². The maximum Gasteiger partial charge on any atom is 0.311 e. The van der Waals surface area contributed by atoms with Gasteiger partial charge in [-0.3, -0.25) is 9.59 Å². The fourth-order valence-corrected chi connectivity index (χ4v) is 4.43. The first-order chi connectivity index (χ1) is 17.9. The number of methoxy groups -OCH3 is 1. The lowest BCUT2D eigenvalue weighted by Gasteiger charge is -2.36. The number of unbranched alkanes of at least 4 members (excludes halogenated alkanes) is 8. The van der Waals surface area contributed by atoms with Crippen LogP contribution in [0.3, 0.4) is 0 Å². The van der Waals surface area contributed by atoms with Gasteiger partial charge >= 0.3 is 11.9 Å². The highest BCUT2D eigenvalue weighted by atomic mass is 16.6. The average molecular weight is 522 g/mol. The fraction of sp³-hybridized carbons (Fsp3) is 0.806. The Kier molecular flexibility index (Phi) is 19.2. The number of nitrogens with zero attached hydrogens (tertiary/aromatic N) is 1. The summed E-state index contributed by atoms with van der Waals surface area (Å²) in [4.78, 5) is 27.0. The van der Waals surface area contributed by atoms with Crippen molar-refractivity contribution in [2.45, 2.75) is 104 Å². The Morgan fingerprint density at radius 3 is 2.08 bits per heavy atom. The first-order valence-corrected chi connectivity index (χ1v) is 14.7. The third-order valence-electron chi connectivity index (χ3n) is 7.25. The summed E-state index contributed by atoms with van der Waals surface area (Å²) >= 11 is 0. The molecule has 0 aliphatic carbocycles. The number of ether oxygens (including phenoxy) is 3. The van der Waals surface area contributed by atoms with E-state index in [9.17, 15) is 9.59 Å². The first-order valence-electron chi connectivity index (χ1n) is 14.7. The highest BCUT2D eigenvalue weighted by Gasteiger charge is 2.37. The van der Waals surface area contributed by atoms with Crippen LogP contribution in [0.1, 0.15) is 104 Å². The summed E-state index contributed by atoms with van der Waals surface area (Å²) in [5.74, 6) is -0.476. The Morgan fingerprint density at radius 2 is 1.43 bits per heavy atom. The molecule has 6 nitrogen and oxygen atoms in total. The molecule has 0 bridgehead atoms. The highest BCUT2D eigenvalue weighted by molar-refractivity contribution is 5.76. The molecule has 0 spiro atoms. The second-order valence-electron chi connectivity index (χ2n) is 10.9. The summed E-state index contributed by atoms with van der Waals surface area (Å²) < 4.78 is 16.3. The zero-order valence-electron chi connectivity index (χ0n) is 24.3. The number of piperidine rings is 1. The highest BCUT2D eigenvalue weighted by Crippen LogP contribution is 2.32. The van der Waals surface area contributed by atoms with Crippen LogP contribution in [0.15, 0.2) is 24.3 Å². The minimum absolute atomic E-state index is 0.141. The molecule has 0 aromatic carbocycles. The largest absolute Gasteiger partial charge is 0.465 e. The third kappa shape index (κ3) is 16.7. The van der Waals surface area contributed by atoms with Crippen LogP contribution in [0.5, 0.6) is 0 Å². The normalized spacial score (nSPS) is 16.9. The standard InChI is InChI=1S/C31H55NO5/c1-5-6-7-8-9-10-11-12-13-14-15-16-17-18-19-20-29(33)36-26-28(25-35-4)27-37-30(34)31(2)21-23-32(3)24-22-31/h9-10,12-13,28H,5-8,11,14-27H2,1-4H3/b10-9-,13-12-. The molecule has 1 aliphatic rings. The van der Waals surface area contributed by atoms with E-state index in [4.69, 9.17) is 14.2 Å². The van der Waals surface area contributed by atoms with Gasteiger partial charge in [0.1, 0.15) is 0 Å². The number of hydrogen-bond donors (Lipinski definition) is 0. The van der Waals surface area contributed by atoms with Crippen molar-refractivity contribution in [3.8, 4) is 0 Å². The van der Waals surface area contributed by atoms with Crippen LogP contribution in [-0.4, -0.2) is 63.9 Å². The molecule has 0 radical (unpaired) electrons. The smallest absolute Gasteiger partial charge is 0.311 e. The molecule has 0 amide bonds.